The largest absolute Gasteiger partial charge is 0.289 e. The minimum Gasteiger partial charge on any atom is -0.289 e. The molecule has 0 heterocycles. The Kier molecular flexibility index (Phi) is 3.99. The van der Waals surface area contributed by atoms with Crippen molar-refractivity contribution in [2.24, 2.45) is 0 Å². The predicted octanol–water partition coefficient (Wildman–Crippen LogP) is 4.59. The molecule has 17 heavy (non-hydrogen) atoms. The summed E-state index contributed by atoms with van der Waals surface area (Å²) < 4.78 is 2.10. The van der Waals surface area contributed by atoms with Crippen molar-refractivity contribution >= 4 is 44.3 Å². The molecule has 2 rings (SSSR count). The van der Waals surface area contributed by atoms with Crippen LogP contribution in [-0.4, -0.2) is 5.78 Å². The number of carbonyl (C=O) groups is 1. The monoisotopic (exact) mass is 400 g/mol. The van der Waals surface area contributed by atoms with Gasteiger partial charge in [0.05, 0.1) is 0 Å². The Morgan fingerprint density at radius 2 is 1.76 bits per heavy atom. The van der Waals surface area contributed by atoms with Crippen molar-refractivity contribution in [1.29, 1.82) is 0 Å². The first kappa shape index (κ1) is 12.8. The first-order valence-corrected chi connectivity index (χ1v) is 7.02. The molecular formula is C14H10BrIO. The Morgan fingerprint density at radius 3 is 2.41 bits per heavy atom. The Hall–Kier alpha value is -0.680. The van der Waals surface area contributed by atoms with Gasteiger partial charge >= 0.3 is 0 Å². The van der Waals surface area contributed by atoms with Crippen LogP contribution in [0.5, 0.6) is 0 Å². The molecule has 2 aromatic rings. The number of benzene rings is 2. The summed E-state index contributed by atoms with van der Waals surface area (Å²) in [6.07, 6.45) is 0. The maximum Gasteiger partial charge on any atom is 0.193 e. The van der Waals surface area contributed by atoms with Crippen LogP contribution in [0.25, 0.3) is 0 Å². The van der Waals surface area contributed by atoms with Gasteiger partial charge in [-0.15, -0.1) is 0 Å². The predicted molar refractivity (Wildman–Crippen MR) is 81.5 cm³/mol. The SMILES string of the molecule is Cc1c(Br)cccc1C(=O)c1ccc(I)cc1. The van der Waals surface area contributed by atoms with Crippen LogP contribution in [0.4, 0.5) is 0 Å². The highest BCUT2D eigenvalue weighted by atomic mass is 127. The highest BCUT2D eigenvalue weighted by Crippen LogP contribution is 2.22. The highest BCUT2D eigenvalue weighted by molar-refractivity contribution is 14.1. The maximum atomic E-state index is 12.3. The summed E-state index contributed by atoms with van der Waals surface area (Å²) in [5.74, 6) is 0.0696. The first-order chi connectivity index (χ1) is 8.09. The molecule has 0 spiro atoms. The quantitative estimate of drug-likeness (QED) is 0.532. The molecule has 0 amide bonds. The minimum atomic E-state index is 0.0696. The number of carbonyl (C=O) groups excluding carboxylic acids is 1. The van der Waals surface area contributed by atoms with Gasteiger partial charge < -0.3 is 0 Å². The second kappa shape index (κ2) is 5.31. The number of ketones is 1. The zero-order chi connectivity index (χ0) is 12.4. The maximum absolute atomic E-state index is 12.3. The summed E-state index contributed by atoms with van der Waals surface area (Å²) in [6, 6.07) is 13.3. The van der Waals surface area contributed by atoms with E-state index in [-0.39, 0.29) is 5.78 Å². The molecule has 0 aliphatic carbocycles. The van der Waals surface area contributed by atoms with E-state index in [0.717, 1.165) is 24.7 Å². The Morgan fingerprint density at radius 1 is 1.12 bits per heavy atom. The minimum absolute atomic E-state index is 0.0696. The molecule has 0 fully saturated rings. The Labute approximate surface area is 123 Å². The summed E-state index contributed by atoms with van der Waals surface area (Å²) in [7, 11) is 0. The number of rotatable bonds is 2. The van der Waals surface area contributed by atoms with Gasteiger partial charge in [0.25, 0.3) is 0 Å². The van der Waals surface area contributed by atoms with Crippen LogP contribution in [0, 0.1) is 10.5 Å². The molecule has 0 N–H and O–H groups in total. The van der Waals surface area contributed by atoms with Gasteiger partial charge in [0.1, 0.15) is 0 Å². The van der Waals surface area contributed by atoms with Crippen molar-refractivity contribution in [3.8, 4) is 0 Å². The molecule has 0 atom stereocenters. The van der Waals surface area contributed by atoms with Crippen LogP contribution >= 0.6 is 38.5 Å². The van der Waals surface area contributed by atoms with Crippen LogP contribution < -0.4 is 0 Å². The lowest BCUT2D eigenvalue weighted by molar-refractivity contribution is 0.103. The van der Waals surface area contributed by atoms with Crippen molar-refractivity contribution in [3.63, 3.8) is 0 Å². The van der Waals surface area contributed by atoms with E-state index in [1.54, 1.807) is 0 Å². The third-order valence-electron chi connectivity index (χ3n) is 2.62. The third kappa shape index (κ3) is 2.77. The van der Waals surface area contributed by atoms with E-state index in [9.17, 15) is 4.79 Å². The van der Waals surface area contributed by atoms with E-state index in [4.69, 9.17) is 0 Å². The van der Waals surface area contributed by atoms with Crippen LogP contribution in [0.15, 0.2) is 46.9 Å². The van der Waals surface area contributed by atoms with Gasteiger partial charge in [-0.25, -0.2) is 0 Å². The fourth-order valence-corrected chi connectivity index (χ4v) is 2.34. The van der Waals surface area contributed by atoms with Gasteiger partial charge in [-0.05, 0) is 65.4 Å². The van der Waals surface area contributed by atoms with Gasteiger partial charge in [-0.3, -0.25) is 4.79 Å². The number of hydrogen-bond donors (Lipinski definition) is 0. The second-order valence-electron chi connectivity index (χ2n) is 3.75. The standard InChI is InChI=1S/C14H10BrIO/c1-9-12(3-2-4-13(9)15)14(17)10-5-7-11(16)8-6-10/h2-8H,1H3. The fraction of sp³-hybridized carbons (Fsp3) is 0.0714. The van der Waals surface area contributed by atoms with Crippen molar-refractivity contribution in [1.82, 2.24) is 0 Å². The average molecular weight is 401 g/mol. The van der Waals surface area contributed by atoms with Gasteiger partial charge in [0, 0.05) is 19.2 Å². The molecule has 0 unspecified atom stereocenters. The van der Waals surface area contributed by atoms with Gasteiger partial charge in [0.15, 0.2) is 5.78 Å². The van der Waals surface area contributed by atoms with E-state index in [2.05, 4.69) is 38.5 Å². The summed E-state index contributed by atoms with van der Waals surface area (Å²) in [5.41, 5.74) is 2.46. The van der Waals surface area contributed by atoms with Crippen LogP contribution in [-0.2, 0) is 0 Å². The van der Waals surface area contributed by atoms with Gasteiger partial charge in [-0.2, -0.15) is 0 Å². The molecule has 0 saturated heterocycles. The lowest BCUT2D eigenvalue weighted by Crippen LogP contribution is -2.03. The van der Waals surface area contributed by atoms with Crippen molar-refractivity contribution < 1.29 is 4.79 Å². The second-order valence-corrected chi connectivity index (χ2v) is 5.85. The lowest BCUT2D eigenvalue weighted by Gasteiger charge is -2.06. The summed E-state index contributed by atoms with van der Waals surface area (Å²) in [4.78, 5) is 12.3. The van der Waals surface area contributed by atoms with Gasteiger partial charge in [-0.1, -0.05) is 28.1 Å². The molecule has 0 aliphatic rings. The molecule has 0 bridgehead atoms. The Bertz CT molecular complexity index is 561. The van der Waals surface area contributed by atoms with E-state index >= 15 is 0 Å². The summed E-state index contributed by atoms with van der Waals surface area (Å²) >= 11 is 5.67. The molecule has 0 aliphatic heterocycles. The first-order valence-electron chi connectivity index (χ1n) is 5.15. The normalized spacial score (nSPS) is 10.3. The van der Waals surface area contributed by atoms with Crippen LogP contribution in [0.2, 0.25) is 0 Å². The highest BCUT2D eigenvalue weighted by Gasteiger charge is 2.12. The Balaban J connectivity index is 2.44. The van der Waals surface area contributed by atoms with E-state index < -0.39 is 0 Å². The molecule has 86 valence electrons. The lowest BCUT2D eigenvalue weighted by atomic mass is 9.99. The number of hydrogen-bond acceptors (Lipinski definition) is 1. The van der Waals surface area contributed by atoms with Crippen LogP contribution in [0.3, 0.4) is 0 Å². The van der Waals surface area contributed by atoms with E-state index in [1.807, 2.05) is 49.4 Å². The van der Waals surface area contributed by atoms with Crippen molar-refractivity contribution in [3.05, 3.63) is 67.2 Å². The average Bonchev–Trinajstić information content (AvgIpc) is 2.33. The number of halogens is 2. The molecule has 1 nitrogen and oxygen atoms in total. The summed E-state index contributed by atoms with van der Waals surface area (Å²) in [5, 5.41) is 0. The van der Waals surface area contributed by atoms with E-state index in [1.165, 1.54) is 0 Å². The summed E-state index contributed by atoms with van der Waals surface area (Å²) in [6.45, 7) is 1.95. The fourth-order valence-electron chi connectivity index (χ4n) is 1.61. The smallest absolute Gasteiger partial charge is 0.193 e. The van der Waals surface area contributed by atoms with Crippen molar-refractivity contribution in [2.75, 3.05) is 0 Å². The molecule has 0 aromatic heterocycles. The van der Waals surface area contributed by atoms with Crippen LogP contribution in [0.1, 0.15) is 21.5 Å². The van der Waals surface area contributed by atoms with Gasteiger partial charge in [0.2, 0.25) is 0 Å². The molecule has 3 heteroatoms. The topological polar surface area (TPSA) is 17.1 Å². The van der Waals surface area contributed by atoms with E-state index in [0.29, 0.717) is 0 Å². The van der Waals surface area contributed by atoms with Crippen molar-refractivity contribution in [2.45, 2.75) is 6.92 Å². The molecule has 0 radical (unpaired) electrons. The zero-order valence-electron chi connectivity index (χ0n) is 9.21. The molecule has 2 aromatic carbocycles. The molecule has 0 saturated carbocycles. The zero-order valence-corrected chi connectivity index (χ0v) is 12.9. The molecular weight excluding hydrogens is 391 g/mol. The third-order valence-corrected chi connectivity index (χ3v) is 4.20.